The number of methoxy groups -OCH3 is 3. The normalized spacial score (nSPS) is 22.4. The summed E-state index contributed by atoms with van der Waals surface area (Å²) < 4.78 is 30.6. The van der Waals surface area contributed by atoms with Crippen LogP contribution in [0.5, 0.6) is 11.5 Å². The van der Waals surface area contributed by atoms with Crippen molar-refractivity contribution in [1.82, 2.24) is 0 Å². The maximum Gasteiger partial charge on any atom is 0.315 e. The molecule has 0 amide bonds. The molecule has 7 heteroatoms. The maximum absolute atomic E-state index is 14.9. The van der Waals surface area contributed by atoms with E-state index in [2.05, 4.69) is 4.99 Å². The Hall–Kier alpha value is -3.48. The fourth-order valence-corrected chi connectivity index (χ4v) is 4.90. The summed E-state index contributed by atoms with van der Waals surface area (Å²) in [6.45, 7) is 1.73. The fraction of sp³-hybridized carbons (Fsp3) is 0.346. The fourth-order valence-electron chi connectivity index (χ4n) is 4.90. The number of hydrogen-bond donors (Lipinski definition) is 0. The molecule has 0 fully saturated rings. The molecule has 1 aliphatic carbocycles. The Bertz CT molecular complexity index is 1170. The van der Waals surface area contributed by atoms with Crippen LogP contribution in [0.2, 0.25) is 0 Å². The van der Waals surface area contributed by atoms with Crippen LogP contribution in [0, 0.1) is 11.7 Å². The van der Waals surface area contributed by atoms with Gasteiger partial charge in [-0.15, -0.1) is 0 Å². The molecule has 3 atom stereocenters. The van der Waals surface area contributed by atoms with Gasteiger partial charge in [-0.2, -0.15) is 0 Å². The molecular weight excluding hydrogens is 425 g/mol. The van der Waals surface area contributed by atoms with Crippen LogP contribution in [0.25, 0.3) is 0 Å². The third kappa shape index (κ3) is 4.03. The molecule has 0 bridgehead atoms. The summed E-state index contributed by atoms with van der Waals surface area (Å²) in [5.74, 6) is -1.70. The van der Waals surface area contributed by atoms with Gasteiger partial charge in [0, 0.05) is 29.3 Å². The van der Waals surface area contributed by atoms with Crippen molar-refractivity contribution in [1.29, 1.82) is 0 Å². The van der Waals surface area contributed by atoms with Crippen LogP contribution in [-0.2, 0) is 14.3 Å². The predicted molar refractivity (Wildman–Crippen MR) is 121 cm³/mol. The molecule has 0 saturated carbocycles. The Kier molecular flexibility index (Phi) is 6.31. The summed E-state index contributed by atoms with van der Waals surface area (Å²) >= 11 is 0. The zero-order valence-corrected chi connectivity index (χ0v) is 19.1. The van der Waals surface area contributed by atoms with Crippen LogP contribution in [-0.4, -0.2) is 38.8 Å². The van der Waals surface area contributed by atoms with Crippen molar-refractivity contribution >= 4 is 17.5 Å². The minimum atomic E-state index is -0.854. The van der Waals surface area contributed by atoms with Crippen molar-refractivity contribution in [3.05, 3.63) is 70.7 Å². The lowest BCUT2D eigenvalue weighted by Gasteiger charge is -2.36. The Morgan fingerprint density at radius 2 is 1.76 bits per heavy atom. The second-order valence-electron chi connectivity index (χ2n) is 8.26. The number of carbonyl (C=O) groups is 2. The van der Waals surface area contributed by atoms with Crippen LogP contribution in [0.4, 0.5) is 4.39 Å². The van der Waals surface area contributed by atoms with Crippen LogP contribution in [0.1, 0.15) is 42.7 Å². The maximum atomic E-state index is 14.9. The first kappa shape index (κ1) is 22.7. The highest BCUT2D eigenvalue weighted by molar-refractivity contribution is 6.09. The van der Waals surface area contributed by atoms with E-state index in [-0.39, 0.29) is 18.1 Å². The first-order valence-corrected chi connectivity index (χ1v) is 10.7. The summed E-state index contributed by atoms with van der Waals surface area (Å²) in [4.78, 5) is 30.8. The van der Waals surface area contributed by atoms with Gasteiger partial charge in [-0.3, -0.25) is 14.6 Å². The van der Waals surface area contributed by atoms with E-state index in [9.17, 15) is 14.0 Å². The molecule has 2 aromatic carbocycles. The highest BCUT2D eigenvalue weighted by Gasteiger charge is 2.45. The molecule has 1 heterocycles. The smallest absolute Gasteiger partial charge is 0.315 e. The number of benzene rings is 2. The van der Waals surface area contributed by atoms with Gasteiger partial charge in [-0.1, -0.05) is 24.3 Å². The zero-order chi connectivity index (χ0) is 23.7. The number of ketones is 1. The van der Waals surface area contributed by atoms with Crippen molar-refractivity contribution in [3.63, 3.8) is 0 Å². The number of allylic oxidation sites excluding steroid dienone is 2. The van der Waals surface area contributed by atoms with Crippen molar-refractivity contribution < 1.29 is 28.2 Å². The van der Waals surface area contributed by atoms with Crippen molar-refractivity contribution in [3.8, 4) is 11.5 Å². The molecule has 0 radical (unpaired) electrons. The van der Waals surface area contributed by atoms with E-state index in [4.69, 9.17) is 14.2 Å². The van der Waals surface area contributed by atoms with Gasteiger partial charge in [0.2, 0.25) is 0 Å². The molecule has 0 spiro atoms. The molecule has 172 valence electrons. The monoisotopic (exact) mass is 451 g/mol. The molecule has 0 saturated heterocycles. The minimum absolute atomic E-state index is 0.122. The van der Waals surface area contributed by atoms with Gasteiger partial charge < -0.3 is 14.2 Å². The summed E-state index contributed by atoms with van der Waals surface area (Å²) in [7, 11) is 4.42. The van der Waals surface area contributed by atoms with Gasteiger partial charge >= 0.3 is 5.97 Å². The second kappa shape index (κ2) is 9.17. The molecule has 6 nitrogen and oxygen atoms in total. The number of aliphatic imine (C=N–C) groups is 1. The number of Topliss-reactive ketones (excluding diaryl/α,β-unsaturated/α-hetero) is 1. The van der Waals surface area contributed by atoms with Crippen LogP contribution in [0.3, 0.4) is 0 Å². The summed E-state index contributed by atoms with van der Waals surface area (Å²) in [5, 5.41) is 0. The van der Waals surface area contributed by atoms with Crippen LogP contribution in [0.15, 0.2) is 58.7 Å². The number of hydrogen-bond acceptors (Lipinski definition) is 6. The molecular formula is C26H26FNO5. The van der Waals surface area contributed by atoms with Gasteiger partial charge in [0.25, 0.3) is 0 Å². The van der Waals surface area contributed by atoms with Crippen molar-refractivity contribution in [2.45, 2.75) is 31.6 Å². The number of rotatable bonds is 5. The Morgan fingerprint density at radius 3 is 2.42 bits per heavy atom. The van der Waals surface area contributed by atoms with Crippen LogP contribution >= 0.6 is 0 Å². The number of carbonyl (C=O) groups excluding carboxylic acids is 2. The van der Waals surface area contributed by atoms with Crippen LogP contribution < -0.4 is 9.47 Å². The van der Waals surface area contributed by atoms with E-state index in [1.807, 2.05) is 18.2 Å². The van der Waals surface area contributed by atoms with E-state index < -0.39 is 23.6 Å². The zero-order valence-electron chi connectivity index (χ0n) is 19.1. The standard InChI is InChI=1S/C26H26FNO5/c1-14-23(26(30)33-4)24(17-7-5-6-8-18(17)27)25-19(28-14)11-16(12-20(25)29)15-9-10-21(31-2)22(13-15)32-3/h5-10,13,16,23-24H,11-12H2,1-4H3/t16-,23?,24-/m1/s1. The minimum Gasteiger partial charge on any atom is -0.493 e. The third-order valence-corrected chi connectivity index (χ3v) is 6.46. The largest absolute Gasteiger partial charge is 0.493 e. The molecule has 0 N–H and O–H groups in total. The Balaban J connectivity index is 1.80. The lowest BCUT2D eigenvalue weighted by atomic mass is 9.69. The number of nitrogens with zero attached hydrogens (tertiary/aromatic N) is 1. The average molecular weight is 451 g/mol. The van der Waals surface area contributed by atoms with Crippen molar-refractivity contribution in [2.24, 2.45) is 10.9 Å². The number of esters is 1. The van der Waals surface area contributed by atoms with E-state index in [0.29, 0.717) is 40.5 Å². The number of halogens is 1. The quantitative estimate of drug-likeness (QED) is 0.622. The summed E-state index contributed by atoms with van der Waals surface area (Å²) in [6.07, 6.45) is 0.717. The lowest BCUT2D eigenvalue weighted by molar-refractivity contribution is -0.143. The lowest BCUT2D eigenvalue weighted by Crippen LogP contribution is -2.38. The average Bonchev–Trinajstić information content (AvgIpc) is 2.82. The van der Waals surface area contributed by atoms with Gasteiger partial charge in [0.15, 0.2) is 17.3 Å². The second-order valence-corrected chi connectivity index (χ2v) is 8.26. The topological polar surface area (TPSA) is 74.2 Å². The highest BCUT2D eigenvalue weighted by atomic mass is 19.1. The molecule has 0 aromatic heterocycles. The molecule has 1 unspecified atom stereocenters. The van der Waals surface area contributed by atoms with Gasteiger partial charge in [-0.25, -0.2) is 4.39 Å². The number of ether oxygens (including phenoxy) is 3. The van der Waals surface area contributed by atoms with E-state index >= 15 is 0 Å². The SMILES string of the molecule is COC(=O)C1C(C)=NC2=C(C(=O)C[C@H](c3ccc(OC)c(OC)c3)C2)[C@@H]1c1ccccc1F. The first-order valence-electron chi connectivity index (χ1n) is 10.7. The van der Waals surface area contributed by atoms with E-state index in [1.54, 1.807) is 39.3 Å². The first-order chi connectivity index (χ1) is 15.9. The Morgan fingerprint density at radius 1 is 1.03 bits per heavy atom. The van der Waals surface area contributed by atoms with E-state index in [1.165, 1.54) is 13.2 Å². The van der Waals surface area contributed by atoms with Gasteiger partial charge in [0.1, 0.15) is 11.7 Å². The predicted octanol–water partition coefficient (Wildman–Crippen LogP) is 4.59. The highest BCUT2D eigenvalue weighted by Crippen LogP contribution is 2.47. The van der Waals surface area contributed by atoms with E-state index in [0.717, 1.165) is 5.56 Å². The molecule has 2 aliphatic rings. The third-order valence-electron chi connectivity index (χ3n) is 6.46. The van der Waals surface area contributed by atoms with Crippen molar-refractivity contribution in [2.75, 3.05) is 21.3 Å². The molecule has 2 aromatic rings. The molecule has 1 aliphatic heterocycles. The molecule has 33 heavy (non-hydrogen) atoms. The summed E-state index contributed by atoms with van der Waals surface area (Å²) in [5.41, 5.74) is 2.73. The van der Waals surface area contributed by atoms with Gasteiger partial charge in [0.05, 0.1) is 21.3 Å². The van der Waals surface area contributed by atoms with Gasteiger partial charge in [-0.05, 0) is 48.6 Å². The molecule has 4 rings (SSSR count). The summed E-state index contributed by atoms with van der Waals surface area (Å²) in [6, 6.07) is 11.8. The Labute approximate surface area is 192 Å².